The number of benzene rings is 2. The number of amides is 1. The van der Waals surface area contributed by atoms with E-state index in [9.17, 15) is 19.0 Å². The van der Waals surface area contributed by atoms with Crippen LogP contribution < -0.4 is 10.6 Å². The molecule has 0 atom stereocenters. The minimum Gasteiger partial charge on any atom is -0.508 e. The van der Waals surface area contributed by atoms with Crippen molar-refractivity contribution in [2.24, 2.45) is 0 Å². The normalized spacial score (nSPS) is 11.5. The van der Waals surface area contributed by atoms with Gasteiger partial charge in [-0.25, -0.2) is 0 Å². The van der Waals surface area contributed by atoms with E-state index >= 15 is 0 Å². The number of carbonyl (C=O) groups excluding carboxylic acids is 1. The first-order valence-corrected chi connectivity index (χ1v) is 18.4. The summed E-state index contributed by atoms with van der Waals surface area (Å²) in [5.41, 5.74) is 3.73. The Morgan fingerprint density at radius 1 is 0.943 bits per heavy atom. The molecule has 0 aromatic heterocycles. The molecule has 2 aromatic carbocycles. The summed E-state index contributed by atoms with van der Waals surface area (Å²) in [6.45, 7) is 12.8. The van der Waals surface area contributed by atoms with Gasteiger partial charge in [0.15, 0.2) is 0 Å². The number of hydrogen-bond donors (Lipinski definition) is 3. The largest absolute Gasteiger partial charge is 0.508 e. The number of aromatic hydroxyl groups is 1. The van der Waals surface area contributed by atoms with Crippen LogP contribution in [-0.4, -0.2) is 69.3 Å². The van der Waals surface area contributed by atoms with Crippen LogP contribution in [0.3, 0.4) is 0 Å². The highest BCUT2D eigenvalue weighted by Gasteiger charge is 2.17. The van der Waals surface area contributed by atoms with Gasteiger partial charge in [0.2, 0.25) is 0 Å². The lowest BCUT2D eigenvalue weighted by molar-refractivity contribution is 0.0959. The van der Waals surface area contributed by atoms with Crippen molar-refractivity contribution in [3.05, 3.63) is 58.7 Å². The fraction of sp³-hybridized carbons (Fsp3) is 0.500. The van der Waals surface area contributed by atoms with E-state index in [4.69, 9.17) is 0 Å². The summed E-state index contributed by atoms with van der Waals surface area (Å²) < 4.78 is 23.1. The molecule has 0 saturated heterocycles. The summed E-state index contributed by atoms with van der Waals surface area (Å²) in [7, 11) is -2.34. The molecule has 2 aromatic rings. The lowest BCUT2D eigenvalue weighted by Crippen LogP contribution is -2.20. The van der Waals surface area contributed by atoms with Crippen LogP contribution in [0.25, 0.3) is 0 Å². The highest BCUT2D eigenvalue weighted by molar-refractivity contribution is 7.99. The first kappa shape index (κ1) is 31.5. The SMILES string of the molecule is CCc1ccc(CNCCP(C)(C)=O)cc1.CNC(=O)c1c(SCCP(C)(C)=O)ccc(O)c1C. The van der Waals surface area contributed by atoms with Crippen molar-refractivity contribution < 1.29 is 19.0 Å². The molecule has 3 N–H and O–H groups in total. The average molecular weight is 541 g/mol. The molecule has 0 spiro atoms. The molecule has 0 aliphatic rings. The van der Waals surface area contributed by atoms with Crippen molar-refractivity contribution in [2.75, 3.05) is 58.3 Å². The number of phenolic OH excluding ortho intramolecular Hbond substituents is 1. The van der Waals surface area contributed by atoms with Crippen LogP contribution in [0, 0.1) is 6.92 Å². The standard InChI is InChI=1S/C13H20NO3PS.C13H22NOP/c1-9-10(15)5-6-11(12(9)13(16)14-2)19-8-7-18(3,4)17;1-4-12-5-7-13(8-6-12)11-14-9-10-16(2,3)15/h5-6,15H,7-8H2,1-4H3,(H,14,16);5-8,14H,4,9-11H2,1-3H3. The molecule has 0 aliphatic heterocycles. The lowest BCUT2D eigenvalue weighted by Gasteiger charge is -2.13. The van der Waals surface area contributed by atoms with Crippen LogP contribution in [0.4, 0.5) is 0 Å². The molecule has 35 heavy (non-hydrogen) atoms. The van der Waals surface area contributed by atoms with Crippen molar-refractivity contribution >= 4 is 32.0 Å². The third-order valence-corrected chi connectivity index (χ3v) is 9.29. The van der Waals surface area contributed by atoms with E-state index in [0.717, 1.165) is 30.6 Å². The molecule has 0 aliphatic carbocycles. The van der Waals surface area contributed by atoms with Crippen molar-refractivity contribution in [1.82, 2.24) is 10.6 Å². The van der Waals surface area contributed by atoms with E-state index in [2.05, 4.69) is 41.8 Å². The molecule has 1 amide bonds. The van der Waals surface area contributed by atoms with Gasteiger partial charge in [-0.2, -0.15) is 0 Å². The quantitative estimate of drug-likeness (QED) is 0.191. The monoisotopic (exact) mass is 540 g/mol. The Balaban J connectivity index is 0.000000355. The zero-order valence-electron chi connectivity index (χ0n) is 22.2. The fourth-order valence-corrected chi connectivity index (χ4v) is 6.65. The minimum atomic E-state index is -2.04. The third-order valence-electron chi connectivity index (χ3n) is 5.33. The van der Waals surface area contributed by atoms with Crippen LogP contribution in [0.2, 0.25) is 0 Å². The van der Waals surface area contributed by atoms with Gasteiger partial charge in [-0.15, -0.1) is 11.8 Å². The van der Waals surface area contributed by atoms with E-state index < -0.39 is 14.3 Å². The minimum absolute atomic E-state index is 0.111. The van der Waals surface area contributed by atoms with E-state index in [1.165, 1.54) is 22.9 Å². The first-order valence-electron chi connectivity index (χ1n) is 11.8. The molecule has 2 rings (SSSR count). The van der Waals surface area contributed by atoms with Gasteiger partial charge in [0.25, 0.3) is 5.91 Å². The number of carbonyl (C=O) groups is 1. The summed E-state index contributed by atoms with van der Waals surface area (Å²) in [4.78, 5) is 12.7. The maximum Gasteiger partial charge on any atom is 0.252 e. The second kappa shape index (κ2) is 14.9. The van der Waals surface area contributed by atoms with Gasteiger partial charge in [-0.05, 0) is 63.3 Å². The Hall–Kier alpha value is -1.52. The fourth-order valence-electron chi connectivity index (χ4n) is 3.05. The van der Waals surface area contributed by atoms with Crippen LogP contribution in [-0.2, 0) is 22.1 Å². The van der Waals surface area contributed by atoms with Crippen molar-refractivity contribution in [3.63, 3.8) is 0 Å². The van der Waals surface area contributed by atoms with Gasteiger partial charge < -0.3 is 24.9 Å². The van der Waals surface area contributed by atoms with Gasteiger partial charge >= 0.3 is 0 Å². The maximum absolute atomic E-state index is 11.9. The molecule has 0 fully saturated rings. The highest BCUT2D eigenvalue weighted by atomic mass is 32.2. The number of nitrogens with one attached hydrogen (secondary N) is 2. The Kier molecular flexibility index (Phi) is 13.4. The van der Waals surface area contributed by atoms with Crippen LogP contribution >= 0.6 is 26.0 Å². The van der Waals surface area contributed by atoms with Gasteiger partial charge in [0, 0.05) is 48.7 Å². The zero-order chi connectivity index (χ0) is 26.6. The van der Waals surface area contributed by atoms with E-state index in [1.807, 2.05) is 13.3 Å². The average Bonchev–Trinajstić information content (AvgIpc) is 2.78. The molecular formula is C26H42N2O4P2S. The van der Waals surface area contributed by atoms with E-state index in [-0.39, 0.29) is 11.7 Å². The summed E-state index contributed by atoms with van der Waals surface area (Å²) in [6, 6.07) is 12.0. The number of rotatable bonds is 11. The lowest BCUT2D eigenvalue weighted by atomic mass is 10.1. The molecule has 6 nitrogen and oxygen atoms in total. The third kappa shape index (κ3) is 12.8. The molecule has 0 saturated carbocycles. The van der Waals surface area contributed by atoms with Crippen molar-refractivity contribution in [1.29, 1.82) is 0 Å². The molecule has 0 heterocycles. The Morgan fingerprint density at radius 2 is 1.51 bits per heavy atom. The summed E-state index contributed by atoms with van der Waals surface area (Å²) >= 11 is 1.50. The van der Waals surface area contributed by atoms with E-state index in [1.54, 1.807) is 39.4 Å². The zero-order valence-corrected chi connectivity index (χ0v) is 24.8. The Labute approximate surface area is 215 Å². The number of aryl methyl sites for hydroxylation is 1. The van der Waals surface area contributed by atoms with Gasteiger partial charge in [-0.1, -0.05) is 31.2 Å². The second-order valence-electron chi connectivity index (χ2n) is 9.45. The Bertz CT molecular complexity index is 1050. The maximum atomic E-state index is 11.9. The van der Waals surface area contributed by atoms with Crippen LogP contribution in [0.15, 0.2) is 41.3 Å². The summed E-state index contributed by atoms with van der Waals surface area (Å²) in [6.07, 6.45) is 2.49. The molecule has 0 radical (unpaired) electrons. The van der Waals surface area contributed by atoms with Crippen LogP contribution in [0.5, 0.6) is 5.75 Å². The van der Waals surface area contributed by atoms with Gasteiger partial charge in [0.05, 0.1) is 19.8 Å². The summed E-state index contributed by atoms with van der Waals surface area (Å²) in [5, 5.41) is 15.6. The molecule has 9 heteroatoms. The second-order valence-corrected chi connectivity index (χ2v) is 17.8. The predicted molar refractivity (Wildman–Crippen MR) is 153 cm³/mol. The number of phenols is 1. The highest BCUT2D eigenvalue weighted by Crippen LogP contribution is 2.38. The van der Waals surface area contributed by atoms with E-state index in [0.29, 0.717) is 23.0 Å². The summed E-state index contributed by atoms with van der Waals surface area (Å²) in [5.74, 6) is 0.588. The van der Waals surface area contributed by atoms with Crippen molar-refractivity contribution in [3.8, 4) is 5.75 Å². The van der Waals surface area contributed by atoms with Gasteiger partial charge in [0.1, 0.15) is 5.75 Å². The molecule has 0 unspecified atom stereocenters. The first-order chi connectivity index (χ1) is 16.3. The molecule has 196 valence electrons. The molecular weight excluding hydrogens is 498 g/mol. The molecule has 0 bridgehead atoms. The number of thioether (sulfide) groups is 1. The Morgan fingerprint density at radius 3 is 2.03 bits per heavy atom. The predicted octanol–water partition coefficient (Wildman–Crippen LogP) is 5.74. The van der Waals surface area contributed by atoms with Gasteiger partial charge in [-0.3, -0.25) is 4.79 Å². The topological polar surface area (TPSA) is 95.5 Å². The van der Waals surface area contributed by atoms with Crippen LogP contribution in [0.1, 0.15) is 34.0 Å². The van der Waals surface area contributed by atoms with Crippen molar-refractivity contribution in [2.45, 2.75) is 31.7 Å². The smallest absolute Gasteiger partial charge is 0.252 e. The number of hydrogen-bond acceptors (Lipinski definition) is 6.